The maximum absolute atomic E-state index is 14.5. The molecule has 1 aromatic heterocycles. The average Bonchev–Trinajstić information content (AvgIpc) is 3.23. The molecule has 2 fully saturated rings. The van der Waals surface area contributed by atoms with Crippen LogP contribution in [-0.4, -0.2) is 28.5 Å². The number of aromatic carboxylic acids is 1. The molecule has 0 radical (unpaired) electrons. The molecule has 0 amide bonds. The standard InChI is InChI=1S/C23H35FO3S/c1-2-23(14-5-15-23)21(25)9-4-8-18-16(10-12-19(18)24)6-3-7-17-11-13-20(28-17)22(26)27/h11,13,16,18-19,21,25H,2-10,12,14-15H2,1H3,(H,26,27). The van der Waals surface area contributed by atoms with Crippen molar-refractivity contribution in [2.75, 3.05) is 0 Å². The zero-order chi connectivity index (χ0) is 20.1. The first-order chi connectivity index (χ1) is 13.4. The van der Waals surface area contributed by atoms with Gasteiger partial charge in [0.05, 0.1) is 6.10 Å². The number of aliphatic hydroxyl groups excluding tert-OH is 1. The van der Waals surface area contributed by atoms with Crippen molar-refractivity contribution in [1.82, 2.24) is 0 Å². The maximum atomic E-state index is 14.5. The van der Waals surface area contributed by atoms with E-state index in [-0.39, 0.29) is 17.4 Å². The molecule has 0 saturated heterocycles. The Morgan fingerprint density at radius 3 is 2.68 bits per heavy atom. The van der Waals surface area contributed by atoms with Crippen LogP contribution in [0.5, 0.6) is 0 Å². The van der Waals surface area contributed by atoms with Crippen molar-refractivity contribution in [3.05, 3.63) is 21.9 Å². The lowest BCUT2D eigenvalue weighted by Crippen LogP contribution is -2.40. The molecular weight excluding hydrogens is 375 g/mol. The minimum atomic E-state index is -0.860. The van der Waals surface area contributed by atoms with E-state index in [4.69, 9.17) is 5.11 Å². The molecule has 1 heterocycles. The Hall–Kier alpha value is -0.940. The van der Waals surface area contributed by atoms with Gasteiger partial charge < -0.3 is 10.2 Å². The Morgan fingerprint density at radius 2 is 2.07 bits per heavy atom. The third-order valence-electron chi connectivity index (χ3n) is 7.53. The highest BCUT2D eigenvalue weighted by atomic mass is 32.1. The Labute approximate surface area is 172 Å². The van der Waals surface area contributed by atoms with Crippen LogP contribution in [0, 0.1) is 17.3 Å². The zero-order valence-electron chi connectivity index (χ0n) is 17.0. The number of aliphatic hydroxyl groups is 1. The summed E-state index contributed by atoms with van der Waals surface area (Å²) < 4.78 is 14.5. The number of thiophene rings is 1. The van der Waals surface area contributed by atoms with Gasteiger partial charge in [-0.3, -0.25) is 0 Å². The molecule has 158 valence electrons. The SMILES string of the molecule is CCC1(C(O)CCCC2C(F)CCC2CCCc2ccc(C(=O)O)s2)CCC1. The predicted molar refractivity (Wildman–Crippen MR) is 112 cm³/mol. The lowest BCUT2D eigenvalue weighted by atomic mass is 9.62. The summed E-state index contributed by atoms with van der Waals surface area (Å²) in [5, 5.41) is 19.6. The summed E-state index contributed by atoms with van der Waals surface area (Å²) in [6.45, 7) is 2.18. The Kier molecular flexibility index (Phi) is 7.54. The van der Waals surface area contributed by atoms with Crippen LogP contribution in [0.4, 0.5) is 4.39 Å². The second kappa shape index (κ2) is 9.71. The number of aryl methyl sites for hydroxylation is 1. The molecule has 4 atom stereocenters. The van der Waals surface area contributed by atoms with Gasteiger partial charge in [0.2, 0.25) is 0 Å². The van der Waals surface area contributed by atoms with Crippen LogP contribution in [0.3, 0.4) is 0 Å². The molecule has 2 N–H and O–H groups in total. The molecule has 4 unspecified atom stereocenters. The zero-order valence-corrected chi connectivity index (χ0v) is 17.9. The lowest BCUT2D eigenvalue weighted by Gasteiger charge is -2.45. The van der Waals surface area contributed by atoms with E-state index in [0.717, 1.165) is 69.1 Å². The van der Waals surface area contributed by atoms with Gasteiger partial charge in [-0.1, -0.05) is 19.8 Å². The molecule has 0 spiro atoms. The largest absolute Gasteiger partial charge is 0.477 e. The fraction of sp³-hybridized carbons (Fsp3) is 0.783. The van der Waals surface area contributed by atoms with Gasteiger partial charge in [-0.15, -0.1) is 11.3 Å². The molecule has 2 aliphatic carbocycles. The number of carbonyl (C=O) groups is 1. The Bertz CT molecular complexity index is 634. The highest BCUT2D eigenvalue weighted by Gasteiger charge is 2.41. The van der Waals surface area contributed by atoms with Crippen LogP contribution in [-0.2, 0) is 6.42 Å². The molecule has 28 heavy (non-hydrogen) atoms. The van der Waals surface area contributed by atoms with Gasteiger partial charge in [0.15, 0.2) is 0 Å². The highest BCUT2D eigenvalue weighted by molar-refractivity contribution is 7.13. The van der Waals surface area contributed by atoms with E-state index in [1.807, 2.05) is 6.07 Å². The summed E-state index contributed by atoms with van der Waals surface area (Å²) in [5.41, 5.74) is 0.152. The number of hydrogen-bond acceptors (Lipinski definition) is 3. The molecule has 0 aliphatic heterocycles. The van der Waals surface area contributed by atoms with Gasteiger partial charge in [-0.25, -0.2) is 9.18 Å². The van der Waals surface area contributed by atoms with Crippen LogP contribution < -0.4 is 0 Å². The van der Waals surface area contributed by atoms with Gasteiger partial charge in [0.25, 0.3) is 0 Å². The van der Waals surface area contributed by atoms with Crippen molar-refractivity contribution in [3.63, 3.8) is 0 Å². The monoisotopic (exact) mass is 410 g/mol. The smallest absolute Gasteiger partial charge is 0.345 e. The Morgan fingerprint density at radius 1 is 1.29 bits per heavy atom. The van der Waals surface area contributed by atoms with E-state index in [1.165, 1.54) is 17.8 Å². The third-order valence-corrected chi connectivity index (χ3v) is 8.66. The van der Waals surface area contributed by atoms with Gasteiger partial charge >= 0.3 is 5.97 Å². The molecule has 2 saturated carbocycles. The molecular formula is C23H35FO3S. The van der Waals surface area contributed by atoms with Gasteiger partial charge in [0.1, 0.15) is 11.0 Å². The average molecular weight is 411 g/mol. The number of halogens is 1. The molecule has 1 aromatic rings. The number of hydrogen-bond donors (Lipinski definition) is 2. The third kappa shape index (κ3) is 4.96. The lowest BCUT2D eigenvalue weighted by molar-refractivity contribution is -0.0440. The van der Waals surface area contributed by atoms with Crippen molar-refractivity contribution in [2.24, 2.45) is 17.3 Å². The number of carboxylic acid groups (broad SMARTS) is 1. The summed E-state index contributed by atoms with van der Waals surface area (Å²) >= 11 is 1.35. The van der Waals surface area contributed by atoms with Crippen LogP contribution in [0.25, 0.3) is 0 Å². The van der Waals surface area contributed by atoms with Gasteiger partial charge in [0, 0.05) is 4.88 Å². The molecule has 5 heteroatoms. The second-order valence-electron chi connectivity index (χ2n) is 9.00. The van der Waals surface area contributed by atoms with Crippen molar-refractivity contribution < 1.29 is 19.4 Å². The second-order valence-corrected chi connectivity index (χ2v) is 10.2. The fourth-order valence-corrected chi connectivity index (χ4v) is 6.33. The van der Waals surface area contributed by atoms with E-state index in [1.54, 1.807) is 6.07 Å². The molecule has 2 aliphatic rings. The summed E-state index contributed by atoms with van der Waals surface area (Å²) in [6.07, 6.45) is 10.9. The van der Waals surface area contributed by atoms with E-state index >= 15 is 0 Å². The molecule has 0 aromatic carbocycles. The quantitative estimate of drug-likeness (QED) is 0.454. The van der Waals surface area contributed by atoms with Crippen LogP contribution >= 0.6 is 11.3 Å². The minimum absolute atomic E-state index is 0.143. The summed E-state index contributed by atoms with van der Waals surface area (Å²) in [6, 6.07) is 3.58. The summed E-state index contributed by atoms with van der Waals surface area (Å²) in [4.78, 5) is 12.5. The van der Waals surface area contributed by atoms with Crippen LogP contribution in [0.15, 0.2) is 12.1 Å². The van der Waals surface area contributed by atoms with Crippen LogP contribution in [0.2, 0.25) is 0 Å². The van der Waals surface area contributed by atoms with Crippen molar-refractivity contribution >= 4 is 17.3 Å². The van der Waals surface area contributed by atoms with E-state index < -0.39 is 12.1 Å². The topological polar surface area (TPSA) is 57.5 Å². The normalized spacial score (nSPS) is 27.5. The van der Waals surface area contributed by atoms with Crippen molar-refractivity contribution in [2.45, 2.75) is 96.2 Å². The molecule has 3 nitrogen and oxygen atoms in total. The molecule has 3 rings (SSSR count). The minimum Gasteiger partial charge on any atom is -0.477 e. The van der Waals surface area contributed by atoms with Crippen molar-refractivity contribution in [1.29, 1.82) is 0 Å². The highest BCUT2D eigenvalue weighted by Crippen LogP contribution is 2.48. The Balaban J connectivity index is 1.41. The summed E-state index contributed by atoms with van der Waals surface area (Å²) in [5.74, 6) is -0.278. The van der Waals surface area contributed by atoms with Crippen molar-refractivity contribution in [3.8, 4) is 0 Å². The van der Waals surface area contributed by atoms with Crippen LogP contribution in [0.1, 0.15) is 92.1 Å². The van der Waals surface area contributed by atoms with Gasteiger partial charge in [-0.2, -0.15) is 0 Å². The number of rotatable bonds is 11. The van der Waals surface area contributed by atoms with E-state index in [0.29, 0.717) is 17.2 Å². The fourth-order valence-electron chi connectivity index (χ4n) is 5.44. The molecule has 0 bridgehead atoms. The van der Waals surface area contributed by atoms with E-state index in [9.17, 15) is 14.3 Å². The number of alkyl halides is 1. The first kappa shape index (κ1) is 21.8. The first-order valence-electron chi connectivity index (χ1n) is 11.1. The summed E-state index contributed by atoms with van der Waals surface area (Å²) in [7, 11) is 0. The van der Waals surface area contributed by atoms with Gasteiger partial charge in [-0.05, 0) is 93.6 Å². The number of carboxylic acids is 1. The first-order valence-corrected chi connectivity index (χ1v) is 11.9. The van der Waals surface area contributed by atoms with E-state index in [2.05, 4.69) is 6.92 Å². The maximum Gasteiger partial charge on any atom is 0.345 e. The predicted octanol–water partition coefficient (Wildman–Crippen LogP) is 6.24.